The summed E-state index contributed by atoms with van der Waals surface area (Å²) >= 11 is 0. The van der Waals surface area contributed by atoms with Crippen molar-refractivity contribution in [3.63, 3.8) is 0 Å². The zero-order valence-electron chi connectivity index (χ0n) is 9.47. The van der Waals surface area contributed by atoms with Crippen LogP contribution in [0, 0.1) is 0 Å². The maximum Gasteiger partial charge on any atom is 0.225 e. The number of aromatic nitrogens is 2. The first kappa shape index (κ1) is 11.9. The maximum absolute atomic E-state index is 5.52. The fourth-order valence-corrected chi connectivity index (χ4v) is 1.22. The normalized spacial score (nSPS) is 12.5. The molecule has 0 aliphatic rings. The van der Waals surface area contributed by atoms with Crippen LogP contribution in [0.3, 0.4) is 0 Å². The Labute approximate surface area is 90.3 Å². The first-order valence-electron chi connectivity index (χ1n) is 4.92. The molecule has 0 saturated carbocycles. The van der Waals surface area contributed by atoms with Crippen molar-refractivity contribution in [1.82, 2.24) is 9.97 Å². The van der Waals surface area contributed by atoms with Crippen LogP contribution < -0.4 is 10.6 Å². The van der Waals surface area contributed by atoms with Crippen molar-refractivity contribution in [2.45, 2.75) is 19.5 Å². The average Bonchev–Trinajstić information content (AvgIpc) is 2.28. The van der Waals surface area contributed by atoms with Crippen molar-refractivity contribution in [2.24, 2.45) is 5.73 Å². The van der Waals surface area contributed by atoms with Crippen LogP contribution in [0.1, 0.15) is 12.6 Å². The van der Waals surface area contributed by atoms with E-state index < -0.39 is 0 Å². The molecule has 0 aliphatic carbocycles. The highest BCUT2D eigenvalue weighted by Gasteiger charge is 2.12. The number of likely N-dealkylation sites (N-methyl/N-ethyl adjacent to an activating group) is 1. The molecule has 1 aromatic rings. The third-order valence-corrected chi connectivity index (χ3v) is 2.29. The van der Waals surface area contributed by atoms with E-state index in [-0.39, 0.29) is 6.04 Å². The molecule has 0 amide bonds. The van der Waals surface area contributed by atoms with Gasteiger partial charge in [0.05, 0.1) is 18.3 Å². The summed E-state index contributed by atoms with van der Waals surface area (Å²) in [6.45, 7) is 3.14. The van der Waals surface area contributed by atoms with E-state index >= 15 is 0 Å². The third kappa shape index (κ3) is 3.14. The summed E-state index contributed by atoms with van der Waals surface area (Å²) in [7, 11) is 3.63. The van der Waals surface area contributed by atoms with Gasteiger partial charge in [-0.15, -0.1) is 0 Å². The highest BCUT2D eigenvalue weighted by atomic mass is 16.5. The smallest absolute Gasteiger partial charge is 0.225 e. The van der Waals surface area contributed by atoms with Crippen LogP contribution in [0.15, 0.2) is 12.3 Å². The van der Waals surface area contributed by atoms with Gasteiger partial charge in [0.1, 0.15) is 0 Å². The number of nitrogens with two attached hydrogens (primary N) is 1. The average molecular weight is 210 g/mol. The number of hydrogen-bond donors (Lipinski definition) is 1. The minimum atomic E-state index is 0.239. The molecule has 0 saturated heterocycles. The molecular formula is C10H18N4O. The Bertz CT molecular complexity index is 305. The number of rotatable bonds is 5. The SMILES string of the molecule is COCC(C)N(C)c1nccc(CN)n1. The summed E-state index contributed by atoms with van der Waals surface area (Å²) in [5.74, 6) is 0.683. The Hall–Kier alpha value is -1.20. The maximum atomic E-state index is 5.52. The number of anilines is 1. The zero-order valence-corrected chi connectivity index (χ0v) is 9.47. The van der Waals surface area contributed by atoms with Gasteiger partial charge < -0.3 is 15.4 Å². The van der Waals surface area contributed by atoms with E-state index in [9.17, 15) is 0 Å². The standard InChI is InChI=1S/C10H18N4O/c1-8(7-15-3)14(2)10-12-5-4-9(6-11)13-10/h4-5,8H,6-7,11H2,1-3H3. The van der Waals surface area contributed by atoms with E-state index in [4.69, 9.17) is 10.5 Å². The molecule has 2 N–H and O–H groups in total. The lowest BCUT2D eigenvalue weighted by molar-refractivity contribution is 0.183. The van der Waals surface area contributed by atoms with Gasteiger partial charge in [-0.25, -0.2) is 9.97 Å². The largest absolute Gasteiger partial charge is 0.383 e. The topological polar surface area (TPSA) is 64.3 Å². The molecule has 0 aliphatic heterocycles. The highest BCUT2D eigenvalue weighted by molar-refractivity contribution is 5.30. The summed E-state index contributed by atoms with van der Waals surface area (Å²) in [6.07, 6.45) is 1.72. The number of methoxy groups -OCH3 is 1. The molecule has 0 bridgehead atoms. The number of hydrogen-bond acceptors (Lipinski definition) is 5. The fraction of sp³-hybridized carbons (Fsp3) is 0.600. The van der Waals surface area contributed by atoms with Crippen LogP contribution >= 0.6 is 0 Å². The van der Waals surface area contributed by atoms with E-state index in [2.05, 4.69) is 16.9 Å². The molecular weight excluding hydrogens is 192 g/mol. The second-order valence-electron chi connectivity index (χ2n) is 3.47. The van der Waals surface area contributed by atoms with Gasteiger partial charge in [-0.3, -0.25) is 0 Å². The van der Waals surface area contributed by atoms with Gasteiger partial charge in [0.25, 0.3) is 0 Å². The summed E-state index contributed by atoms with van der Waals surface area (Å²) < 4.78 is 5.08. The van der Waals surface area contributed by atoms with Crippen molar-refractivity contribution >= 4 is 5.95 Å². The number of ether oxygens (including phenoxy) is 1. The molecule has 15 heavy (non-hydrogen) atoms. The Morgan fingerprint density at radius 1 is 1.60 bits per heavy atom. The molecule has 5 heteroatoms. The first-order valence-corrected chi connectivity index (χ1v) is 4.92. The van der Waals surface area contributed by atoms with E-state index in [1.54, 1.807) is 13.3 Å². The van der Waals surface area contributed by atoms with Crippen LogP contribution in [-0.2, 0) is 11.3 Å². The molecule has 1 heterocycles. The van der Waals surface area contributed by atoms with E-state index in [1.807, 2.05) is 18.0 Å². The summed E-state index contributed by atoms with van der Waals surface area (Å²) in [4.78, 5) is 10.5. The highest BCUT2D eigenvalue weighted by Crippen LogP contribution is 2.08. The quantitative estimate of drug-likeness (QED) is 0.762. The van der Waals surface area contributed by atoms with Gasteiger partial charge in [-0.1, -0.05) is 0 Å². The molecule has 1 unspecified atom stereocenters. The van der Waals surface area contributed by atoms with Crippen molar-refractivity contribution in [3.8, 4) is 0 Å². The molecule has 0 aromatic carbocycles. The third-order valence-electron chi connectivity index (χ3n) is 2.29. The Morgan fingerprint density at radius 3 is 2.93 bits per heavy atom. The van der Waals surface area contributed by atoms with Crippen LogP contribution in [0.25, 0.3) is 0 Å². The van der Waals surface area contributed by atoms with Gasteiger partial charge in [0.15, 0.2) is 0 Å². The predicted molar refractivity (Wildman–Crippen MR) is 59.7 cm³/mol. The lowest BCUT2D eigenvalue weighted by Gasteiger charge is -2.24. The second kappa shape index (κ2) is 5.63. The Morgan fingerprint density at radius 2 is 2.33 bits per heavy atom. The molecule has 0 spiro atoms. The van der Waals surface area contributed by atoms with E-state index in [0.29, 0.717) is 19.1 Å². The first-order chi connectivity index (χ1) is 7.19. The molecule has 5 nitrogen and oxygen atoms in total. The summed E-state index contributed by atoms with van der Waals surface area (Å²) in [6, 6.07) is 2.06. The Kier molecular flexibility index (Phi) is 4.45. The summed E-state index contributed by atoms with van der Waals surface area (Å²) in [5, 5.41) is 0. The van der Waals surface area contributed by atoms with Crippen molar-refractivity contribution in [1.29, 1.82) is 0 Å². The summed E-state index contributed by atoms with van der Waals surface area (Å²) in [5.41, 5.74) is 6.36. The molecule has 1 atom stereocenters. The lowest BCUT2D eigenvalue weighted by atomic mass is 10.3. The zero-order chi connectivity index (χ0) is 11.3. The molecule has 0 fully saturated rings. The minimum absolute atomic E-state index is 0.239. The van der Waals surface area contributed by atoms with Crippen LogP contribution in [0.4, 0.5) is 5.95 Å². The van der Waals surface area contributed by atoms with Crippen LogP contribution in [0.5, 0.6) is 0 Å². The molecule has 0 radical (unpaired) electrons. The lowest BCUT2D eigenvalue weighted by Crippen LogP contribution is -2.34. The van der Waals surface area contributed by atoms with Gasteiger partial charge in [-0.2, -0.15) is 0 Å². The van der Waals surface area contributed by atoms with Crippen LogP contribution in [-0.4, -0.2) is 36.8 Å². The van der Waals surface area contributed by atoms with Crippen LogP contribution in [0.2, 0.25) is 0 Å². The monoisotopic (exact) mass is 210 g/mol. The Balaban J connectivity index is 2.76. The van der Waals surface area contributed by atoms with Gasteiger partial charge in [0.2, 0.25) is 5.95 Å². The van der Waals surface area contributed by atoms with Gasteiger partial charge in [0, 0.05) is 26.9 Å². The number of nitrogens with zero attached hydrogens (tertiary/aromatic N) is 3. The fourth-order valence-electron chi connectivity index (χ4n) is 1.22. The van der Waals surface area contributed by atoms with Gasteiger partial charge >= 0.3 is 0 Å². The van der Waals surface area contributed by atoms with Crippen molar-refractivity contribution in [2.75, 3.05) is 25.7 Å². The molecule has 1 rings (SSSR count). The van der Waals surface area contributed by atoms with Gasteiger partial charge in [-0.05, 0) is 13.0 Å². The van der Waals surface area contributed by atoms with Crippen molar-refractivity contribution < 1.29 is 4.74 Å². The second-order valence-corrected chi connectivity index (χ2v) is 3.47. The van der Waals surface area contributed by atoms with E-state index in [1.165, 1.54) is 0 Å². The van der Waals surface area contributed by atoms with Crippen molar-refractivity contribution in [3.05, 3.63) is 18.0 Å². The molecule has 84 valence electrons. The minimum Gasteiger partial charge on any atom is -0.383 e. The van der Waals surface area contributed by atoms with E-state index in [0.717, 1.165) is 5.69 Å². The molecule has 1 aromatic heterocycles. The predicted octanol–water partition coefficient (Wildman–Crippen LogP) is 0.406.